The van der Waals surface area contributed by atoms with Crippen LogP contribution in [0.4, 0.5) is 0 Å². The first-order valence-corrected chi connectivity index (χ1v) is 16.9. The number of nitrogens with zero attached hydrogens (tertiary/aromatic N) is 1. The fourth-order valence-corrected chi connectivity index (χ4v) is 7.87. The van der Waals surface area contributed by atoms with E-state index in [-0.39, 0.29) is 0 Å². The Morgan fingerprint density at radius 3 is 1.10 bits per heavy atom. The summed E-state index contributed by atoms with van der Waals surface area (Å²) in [6.45, 7) is 0. The normalized spacial score (nSPS) is 11.7. The van der Waals surface area contributed by atoms with Gasteiger partial charge in [-0.3, -0.25) is 0 Å². The van der Waals surface area contributed by atoms with E-state index in [0.29, 0.717) is 0 Å². The minimum Gasteiger partial charge on any atom is -0.309 e. The number of benzene rings is 9. The van der Waals surface area contributed by atoms with Crippen molar-refractivity contribution in [1.29, 1.82) is 0 Å². The van der Waals surface area contributed by atoms with Crippen LogP contribution in [0, 0.1) is 0 Å². The Hall–Kier alpha value is -6.44. The number of fused-ring (bicyclic) bond motifs is 9. The van der Waals surface area contributed by atoms with Gasteiger partial charge in [-0.05, 0) is 108 Å². The monoisotopic (exact) mass is 621 g/mol. The third-order valence-corrected chi connectivity index (χ3v) is 10.2. The van der Waals surface area contributed by atoms with Gasteiger partial charge in [0.1, 0.15) is 0 Å². The van der Waals surface area contributed by atoms with Gasteiger partial charge >= 0.3 is 0 Å². The molecule has 0 aliphatic heterocycles. The van der Waals surface area contributed by atoms with Gasteiger partial charge in [-0.15, -0.1) is 0 Å². The van der Waals surface area contributed by atoms with Crippen molar-refractivity contribution in [3.8, 4) is 39.1 Å². The number of hydrogen-bond acceptors (Lipinski definition) is 0. The number of hydrogen-bond donors (Lipinski definition) is 0. The van der Waals surface area contributed by atoms with Crippen LogP contribution in [0.3, 0.4) is 0 Å². The lowest BCUT2D eigenvalue weighted by Crippen LogP contribution is -1.94. The molecule has 0 fully saturated rings. The first-order chi connectivity index (χ1) is 24.3. The second-order valence-electron chi connectivity index (χ2n) is 12.9. The smallest absolute Gasteiger partial charge is 0.0541 e. The molecule has 0 unspecified atom stereocenters. The molecular weight excluding hydrogens is 591 g/mol. The van der Waals surface area contributed by atoms with Gasteiger partial charge in [-0.1, -0.05) is 146 Å². The highest BCUT2D eigenvalue weighted by Gasteiger charge is 2.13. The maximum Gasteiger partial charge on any atom is 0.0541 e. The van der Waals surface area contributed by atoms with E-state index in [9.17, 15) is 0 Å². The predicted octanol–water partition coefficient (Wildman–Crippen LogP) is 13.2. The van der Waals surface area contributed by atoms with Crippen LogP contribution in [0.2, 0.25) is 0 Å². The minimum atomic E-state index is 1.17. The lowest BCUT2D eigenvalue weighted by molar-refractivity contribution is 1.18. The Morgan fingerprint density at radius 1 is 0.224 bits per heavy atom. The largest absolute Gasteiger partial charge is 0.309 e. The molecule has 1 nitrogen and oxygen atoms in total. The second-order valence-corrected chi connectivity index (χ2v) is 12.9. The van der Waals surface area contributed by atoms with Gasteiger partial charge in [0, 0.05) is 16.5 Å². The van der Waals surface area contributed by atoms with Crippen LogP contribution in [0.1, 0.15) is 0 Å². The van der Waals surface area contributed by atoms with Gasteiger partial charge in [0.15, 0.2) is 0 Å². The average Bonchev–Trinajstić information content (AvgIpc) is 3.52. The summed E-state index contributed by atoms with van der Waals surface area (Å²) in [6, 6.07) is 68.7. The van der Waals surface area contributed by atoms with E-state index in [4.69, 9.17) is 0 Å². The third-order valence-electron chi connectivity index (χ3n) is 10.2. The van der Waals surface area contributed by atoms with Gasteiger partial charge in [0.2, 0.25) is 0 Å². The highest BCUT2D eigenvalue weighted by atomic mass is 15.0. The molecule has 9 aromatic carbocycles. The molecule has 10 aromatic rings. The Kier molecular flexibility index (Phi) is 6.25. The molecule has 0 aliphatic rings. The maximum atomic E-state index is 2.39. The predicted molar refractivity (Wildman–Crippen MR) is 210 cm³/mol. The Morgan fingerprint density at radius 2 is 0.592 bits per heavy atom. The van der Waals surface area contributed by atoms with Crippen LogP contribution in [0.15, 0.2) is 188 Å². The Bertz CT molecular complexity index is 2800. The lowest BCUT2D eigenvalue weighted by Gasteiger charge is -2.13. The van der Waals surface area contributed by atoms with Crippen LogP contribution in [0.25, 0.3) is 93.2 Å². The highest BCUT2D eigenvalue weighted by Crippen LogP contribution is 2.38. The molecule has 1 heteroatoms. The van der Waals surface area contributed by atoms with E-state index < -0.39 is 0 Å². The first-order valence-electron chi connectivity index (χ1n) is 16.9. The van der Waals surface area contributed by atoms with Crippen LogP contribution in [-0.2, 0) is 0 Å². The zero-order chi connectivity index (χ0) is 32.3. The summed E-state index contributed by atoms with van der Waals surface area (Å²) in [5, 5.41) is 10.3. The summed E-state index contributed by atoms with van der Waals surface area (Å²) in [4.78, 5) is 0. The molecular formula is C48H31N. The first kappa shape index (κ1) is 27.7. The molecule has 0 amide bonds. The highest BCUT2D eigenvalue weighted by molar-refractivity contribution is 6.25. The van der Waals surface area contributed by atoms with Crippen molar-refractivity contribution < 1.29 is 0 Å². The van der Waals surface area contributed by atoms with Crippen LogP contribution < -0.4 is 0 Å². The van der Waals surface area contributed by atoms with Gasteiger partial charge in [0.25, 0.3) is 0 Å². The van der Waals surface area contributed by atoms with E-state index in [1.807, 2.05) is 0 Å². The van der Waals surface area contributed by atoms with Crippen molar-refractivity contribution in [1.82, 2.24) is 4.57 Å². The molecule has 1 heterocycles. The molecule has 0 saturated heterocycles. The molecule has 1 aromatic heterocycles. The fourth-order valence-electron chi connectivity index (χ4n) is 7.87. The Labute approximate surface area is 284 Å². The van der Waals surface area contributed by atoms with E-state index >= 15 is 0 Å². The van der Waals surface area contributed by atoms with Crippen molar-refractivity contribution in [2.75, 3.05) is 0 Å². The Balaban J connectivity index is 1.05. The van der Waals surface area contributed by atoms with Crippen molar-refractivity contribution in [3.63, 3.8) is 0 Å². The average molecular weight is 622 g/mol. The van der Waals surface area contributed by atoms with E-state index in [2.05, 4.69) is 193 Å². The number of para-hydroxylation sites is 2. The summed E-state index contributed by atoms with van der Waals surface area (Å²) in [5.41, 5.74) is 10.9. The third kappa shape index (κ3) is 4.47. The minimum absolute atomic E-state index is 1.17. The second kappa shape index (κ2) is 11.1. The van der Waals surface area contributed by atoms with Gasteiger partial charge < -0.3 is 4.57 Å². The number of aromatic nitrogens is 1. The lowest BCUT2D eigenvalue weighted by atomic mass is 9.91. The maximum absolute atomic E-state index is 2.39. The molecule has 0 bridgehead atoms. The molecule has 0 radical (unpaired) electrons. The van der Waals surface area contributed by atoms with Crippen LogP contribution in [0.5, 0.6) is 0 Å². The molecule has 0 spiro atoms. The fraction of sp³-hybridized carbons (Fsp3) is 0. The van der Waals surface area contributed by atoms with Crippen LogP contribution >= 0.6 is 0 Å². The van der Waals surface area contributed by atoms with E-state index in [1.54, 1.807) is 0 Å². The molecule has 10 rings (SSSR count). The zero-order valence-electron chi connectivity index (χ0n) is 26.8. The topological polar surface area (TPSA) is 4.93 Å². The standard InChI is InChI=1S/C48H31N/c1-2-20-41-39(18-1)40-19-3-4-21-42(40)46-31-37(26-27-43(41)46)35-15-10-13-33(29-35)32-12-9-14-34(28-32)36-16-11-17-38(30-36)49-47-24-7-5-22-44(47)45-23-6-8-25-48(45)49/h1-31H. The summed E-state index contributed by atoms with van der Waals surface area (Å²) >= 11 is 0. The van der Waals surface area contributed by atoms with Gasteiger partial charge in [0.05, 0.1) is 11.0 Å². The van der Waals surface area contributed by atoms with Crippen molar-refractivity contribution >= 4 is 54.1 Å². The molecule has 49 heavy (non-hydrogen) atoms. The molecule has 228 valence electrons. The quantitative estimate of drug-likeness (QED) is 0.172. The zero-order valence-corrected chi connectivity index (χ0v) is 26.8. The number of rotatable bonds is 4. The van der Waals surface area contributed by atoms with E-state index in [0.717, 1.165) is 0 Å². The summed E-state index contributed by atoms with van der Waals surface area (Å²) in [7, 11) is 0. The molecule has 0 N–H and O–H groups in total. The van der Waals surface area contributed by atoms with Gasteiger partial charge in [-0.2, -0.15) is 0 Å². The summed E-state index contributed by atoms with van der Waals surface area (Å²) in [5.74, 6) is 0. The molecule has 0 saturated carbocycles. The summed E-state index contributed by atoms with van der Waals surface area (Å²) in [6.07, 6.45) is 0. The van der Waals surface area contributed by atoms with Gasteiger partial charge in [-0.25, -0.2) is 0 Å². The van der Waals surface area contributed by atoms with Crippen molar-refractivity contribution in [2.45, 2.75) is 0 Å². The molecule has 0 aliphatic carbocycles. The SMILES string of the molecule is c1cc(-c2cccc(-c3ccc4c5ccccc5c5ccccc5c4c3)c2)cc(-c2cccc(-n3c4ccccc4c4ccccc43)c2)c1. The van der Waals surface area contributed by atoms with E-state index in [1.165, 1.54) is 93.2 Å². The summed E-state index contributed by atoms with van der Waals surface area (Å²) < 4.78 is 2.39. The molecule has 0 atom stereocenters. The van der Waals surface area contributed by atoms with Crippen LogP contribution in [-0.4, -0.2) is 4.57 Å². The van der Waals surface area contributed by atoms with Crippen molar-refractivity contribution in [3.05, 3.63) is 188 Å². The van der Waals surface area contributed by atoms with Crippen molar-refractivity contribution in [2.24, 2.45) is 0 Å².